The molecule has 7 nitrogen and oxygen atoms in total. The fraction of sp³-hybridized carbons (Fsp3) is 0.688. The monoisotopic (exact) mass is 483 g/mol. The summed E-state index contributed by atoms with van der Waals surface area (Å²) in [4.78, 5) is 4.47. The smallest absolute Gasteiger partial charge is 0.242 e. The van der Waals surface area contributed by atoms with Crippen LogP contribution in [0, 0.1) is 5.41 Å². The number of aliphatic imine (C=N–C) groups is 1. The summed E-state index contributed by atoms with van der Waals surface area (Å²) in [5.41, 5.74) is 0.409. The molecule has 1 saturated carbocycles. The molecular formula is C16H30IN5O2S. The molecule has 1 aliphatic carbocycles. The Morgan fingerprint density at radius 2 is 2.04 bits per heavy atom. The van der Waals surface area contributed by atoms with Crippen molar-refractivity contribution in [1.29, 1.82) is 0 Å². The fourth-order valence-corrected chi connectivity index (χ4v) is 3.99. The molecule has 0 unspecified atom stereocenters. The highest BCUT2D eigenvalue weighted by molar-refractivity contribution is 14.0. The molecule has 0 bridgehead atoms. The number of hydrogen-bond acceptors (Lipinski definition) is 3. The van der Waals surface area contributed by atoms with Crippen LogP contribution in [-0.4, -0.2) is 45.6 Å². The van der Waals surface area contributed by atoms with Gasteiger partial charge < -0.3 is 15.2 Å². The van der Waals surface area contributed by atoms with E-state index in [0.29, 0.717) is 24.5 Å². The van der Waals surface area contributed by atoms with Crippen molar-refractivity contribution in [3.05, 3.63) is 18.5 Å². The van der Waals surface area contributed by atoms with E-state index < -0.39 is 10.0 Å². The lowest BCUT2D eigenvalue weighted by molar-refractivity contribution is 0.131. The summed E-state index contributed by atoms with van der Waals surface area (Å²) in [6.45, 7) is 3.93. The number of nitrogens with one attached hydrogen (secondary N) is 3. The van der Waals surface area contributed by atoms with Crippen molar-refractivity contribution in [2.45, 2.75) is 37.5 Å². The summed E-state index contributed by atoms with van der Waals surface area (Å²) in [5.74, 6) is 0.716. The van der Waals surface area contributed by atoms with E-state index in [0.717, 1.165) is 6.54 Å². The second kappa shape index (κ2) is 9.77. The van der Waals surface area contributed by atoms with Crippen molar-refractivity contribution < 1.29 is 8.42 Å². The first-order valence-corrected chi connectivity index (χ1v) is 9.95. The lowest BCUT2D eigenvalue weighted by atomic mass is 9.67. The van der Waals surface area contributed by atoms with Gasteiger partial charge >= 0.3 is 0 Å². The molecule has 1 aromatic rings. The van der Waals surface area contributed by atoms with Gasteiger partial charge in [-0.25, -0.2) is 13.1 Å². The van der Waals surface area contributed by atoms with Gasteiger partial charge in [-0.1, -0.05) is 13.3 Å². The van der Waals surface area contributed by atoms with Crippen LogP contribution in [0.4, 0.5) is 0 Å². The van der Waals surface area contributed by atoms with E-state index in [4.69, 9.17) is 0 Å². The number of guanidine groups is 1. The molecule has 2 rings (SSSR count). The first kappa shape index (κ1) is 22.2. The van der Waals surface area contributed by atoms with Gasteiger partial charge in [0.2, 0.25) is 10.0 Å². The summed E-state index contributed by atoms with van der Waals surface area (Å²) in [6.07, 6.45) is 8.31. The maximum atomic E-state index is 12.1. The van der Waals surface area contributed by atoms with E-state index in [-0.39, 0.29) is 28.9 Å². The van der Waals surface area contributed by atoms with Crippen LogP contribution in [0.2, 0.25) is 0 Å². The Hall–Kier alpha value is -0.810. The lowest BCUT2D eigenvalue weighted by Crippen LogP contribution is -2.47. The average Bonchev–Trinajstić information content (AvgIpc) is 2.96. The SMILES string of the molecule is CCC1(CNC(=NC)NCCNS(=O)(=O)c2ccn(C)c2)CCC1.I. The Morgan fingerprint density at radius 3 is 2.52 bits per heavy atom. The van der Waals surface area contributed by atoms with Crippen LogP contribution in [0.25, 0.3) is 0 Å². The van der Waals surface area contributed by atoms with Crippen LogP contribution >= 0.6 is 24.0 Å². The largest absolute Gasteiger partial charge is 0.356 e. The van der Waals surface area contributed by atoms with Crippen LogP contribution in [0.1, 0.15) is 32.6 Å². The van der Waals surface area contributed by atoms with Gasteiger partial charge in [-0.2, -0.15) is 0 Å². The molecule has 0 spiro atoms. The molecule has 144 valence electrons. The third kappa shape index (κ3) is 6.14. The van der Waals surface area contributed by atoms with Gasteiger partial charge in [0.25, 0.3) is 0 Å². The van der Waals surface area contributed by atoms with E-state index in [1.54, 1.807) is 37.1 Å². The topological polar surface area (TPSA) is 87.5 Å². The van der Waals surface area contributed by atoms with Gasteiger partial charge in [0, 0.05) is 46.1 Å². The molecule has 0 amide bonds. The van der Waals surface area contributed by atoms with Crippen molar-refractivity contribution in [3.63, 3.8) is 0 Å². The van der Waals surface area contributed by atoms with Crippen LogP contribution in [0.3, 0.4) is 0 Å². The molecule has 0 aromatic carbocycles. The van der Waals surface area contributed by atoms with Crippen LogP contribution in [0.5, 0.6) is 0 Å². The molecule has 0 atom stereocenters. The molecule has 1 heterocycles. The highest BCUT2D eigenvalue weighted by atomic mass is 127. The van der Waals surface area contributed by atoms with E-state index in [9.17, 15) is 8.42 Å². The van der Waals surface area contributed by atoms with Crippen molar-refractivity contribution in [1.82, 2.24) is 19.9 Å². The van der Waals surface area contributed by atoms with E-state index >= 15 is 0 Å². The van der Waals surface area contributed by atoms with Crippen LogP contribution < -0.4 is 15.4 Å². The molecule has 0 radical (unpaired) electrons. The van der Waals surface area contributed by atoms with Crippen molar-refractivity contribution >= 4 is 40.0 Å². The molecule has 1 aliphatic rings. The molecule has 1 aromatic heterocycles. The summed E-state index contributed by atoms with van der Waals surface area (Å²) < 4.78 is 28.5. The van der Waals surface area contributed by atoms with Crippen molar-refractivity contribution in [3.8, 4) is 0 Å². The van der Waals surface area contributed by atoms with E-state index in [1.165, 1.54) is 25.7 Å². The zero-order valence-electron chi connectivity index (χ0n) is 15.2. The first-order valence-electron chi connectivity index (χ1n) is 8.47. The minimum absolute atomic E-state index is 0. The van der Waals surface area contributed by atoms with E-state index in [1.807, 2.05) is 0 Å². The van der Waals surface area contributed by atoms with Crippen LogP contribution in [0.15, 0.2) is 28.3 Å². The van der Waals surface area contributed by atoms with Gasteiger partial charge in [0.15, 0.2) is 5.96 Å². The Morgan fingerprint density at radius 1 is 1.32 bits per heavy atom. The molecule has 25 heavy (non-hydrogen) atoms. The highest BCUT2D eigenvalue weighted by Gasteiger charge is 2.34. The normalized spacial score (nSPS) is 16.7. The Labute approximate surface area is 168 Å². The summed E-state index contributed by atoms with van der Waals surface area (Å²) in [5, 5.41) is 6.50. The fourth-order valence-electron chi connectivity index (χ4n) is 2.91. The summed E-state index contributed by atoms with van der Waals surface area (Å²) in [6, 6.07) is 1.58. The minimum Gasteiger partial charge on any atom is -0.356 e. The van der Waals surface area contributed by atoms with E-state index in [2.05, 4.69) is 27.3 Å². The Bertz CT molecular complexity index is 662. The highest BCUT2D eigenvalue weighted by Crippen LogP contribution is 2.42. The first-order chi connectivity index (χ1) is 11.4. The minimum atomic E-state index is -3.45. The number of sulfonamides is 1. The Kier molecular flexibility index (Phi) is 8.69. The zero-order chi connectivity index (χ0) is 17.6. The number of aryl methyl sites for hydroxylation is 1. The number of rotatable bonds is 8. The zero-order valence-corrected chi connectivity index (χ0v) is 18.4. The molecule has 9 heteroatoms. The summed E-state index contributed by atoms with van der Waals surface area (Å²) in [7, 11) is 0.0686. The van der Waals surface area contributed by atoms with Crippen molar-refractivity contribution in [2.24, 2.45) is 17.5 Å². The van der Waals surface area contributed by atoms with Gasteiger partial charge in [-0.3, -0.25) is 4.99 Å². The van der Waals surface area contributed by atoms with Gasteiger partial charge in [-0.15, -0.1) is 24.0 Å². The molecular weight excluding hydrogens is 453 g/mol. The maximum Gasteiger partial charge on any atom is 0.242 e. The molecule has 0 saturated heterocycles. The second-order valence-electron chi connectivity index (χ2n) is 6.47. The number of aromatic nitrogens is 1. The number of halogens is 1. The predicted octanol–water partition coefficient (Wildman–Crippen LogP) is 1.67. The molecule has 0 aliphatic heterocycles. The molecule has 1 fully saturated rings. The van der Waals surface area contributed by atoms with Crippen LogP contribution in [-0.2, 0) is 17.1 Å². The van der Waals surface area contributed by atoms with Gasteiger partial charge in [0.1, 0.15) is 0 Å². The third-order valence-electron chi connectivity index (χ3n) is 4.84. The van der Waals surface area contributed by atoms with Gasteiger partial charge in [0.05, 0.1) is 4.90 Å². The third-order valence-corrected chi connectivity index (χ3v) is 6.29. The number of hydrogen-bond donors (Lipinski definition) is 3. The maximum absolute atomic E-state index is 12.1. The number of nitrogens with zero attached hydrogens (tertiary/aromatic N) is 2. The average molecular weight is 483 g/mol. The second-order valence-corrected chi connectivity index (χ2v) is 8.24. The standard InChI is InChI=1S/C16H29N5O2S.HI/c1-4-16(7-5-8-16)13-19-15(17-2)18-9-10-20-24(22,23)14-6-11-21(3)12-14;/h6,11-12,20H,4-5,7-10,13H2,1-3H3,(H2,17,18,19);1H. The molecule has 3 N–H and O–H groups in total. The van der Waals surface area contributed by atoms with Gasteiger partial charge in [-0.05, 0) is 30.7 Å². The Balaban J connectivity index is 0.00000312. The lowest BCUT2D eigenvalue weighted by Gasteiger charge is -2.41. The summed E-state index contributed by atoms with van der Waals surface area (Å²) >= 11 is 0. The van der Waals surface area contributed by atoms with Crippen molar-refractivity contribution in [2.75, 3.05) is 26.7 Å². The predicted molar refractivity (Wildman–Crippen MR) is 112 cm³/mol. The quantitative estimate of drug-likeness (QED) is 0.227.